The summed E-state index contributed by atoms with van der Waals surface area (Å²) in [4.78, 5) is 7.47. The van der Waals surface area contributed by atoms with E-state index in [-0.39, 0.29) is 0 Å². The smallest absolute Gasteiger partial charge is 0.274 e. The fourth-order valence-corrected chi connectivity index (χ4v) is 5.45. The highest BCUT2D eigenvalue weighted by Crippen LogP contribution is 2.20. The molecule has 6 nitrogen and oxygen atoms in total. The monoisotopic (exact) mass is 388 g/mol. The number of sulfonamides is 1. The standard InChI is InChI=1S/C20H26N4O2S/c25-27(26,24-10-4-5-11-24)19-8-9-20(21-16-19)23-14-12-22(13-15-23)17-18-6-2-1-3-7-18/h1-3,6-9,16H,4-5,10-15,17H2/p+2. The second kappa shape index (κ2) is 7.96. The van der Waals surface area contributed by atoms with E-state index in [0.29, 0.717) is 18.0 Å². The summed E-state index contributed by atoms with van der Waals surface area (Å²) in [6.07, 6.45) is 3.55. The zero-order valence-corrected chi connectivity index (χ0v) is 16.4. The number of aromatic amines is 1. The predicted molar refractivity (Wildman–Crippen MR) is 104 cm³/mol. The number of piperazine rings is 1. The molecule has 0 unspecified atom stereocenters. The van der Waals surface area contributed by atoms with Gasteiger partial charge in [0.25, 0.3) is 5.82 Å². The van der Waals surface area contributed by atoms with Crippen molar-refractivity contribution in [1.82, 2.24) is 4.31 Å². The highest BCUT2D eigenvalue weighted by atomic mass is 32.2. The Morgan fingerprint density at radius 2 is 1.63 bits per heavy atom. The van der Waals surface area contributed by atoms with Gasteiger partial charge in [-0.2, -0.15) is 4.31 Å². The predicted octanol–water partition coefficient (Wildman–Crippen LogP) is 0.190. The largest absolute Gasteiger partial charge is 0.325 e. The van der Waals surface area contributed by atoms with Gasteiger partial charge >= 0.3 is 0 Å². The van der Waals surface area contributed by atoms with Crippen LogP contribution in [-0.4, -0.2) is 52.0 Å². The van der Waals surface area contributed by atoms with Crippen molar-refractivity contribution in [1.29, 1.82) is 0 Å². The van der Waals surface area contributed by atoms with Gasteiger partial charge in [-0.05, 0) is 18.9 Å². The summed E-state index contributed by atoms with van der Waals surface area (Å²) in [7, 11) is -3.35. The first-order valence-electron chi connectivity index (χ1n) is 9.77. The van der Waals surface area contributed by atoms with E-state index in [4.69, 9.17) is 0 Å². The summed E-state index contributed by atoms with van der Waals surface area (Å²) in [6.45, 7) is 6.43. The van der Waals surface area contributed by atoms with Crippen molar-refractivity contribution < 1.29 is 18.3 Å². The van der Waals surface area contributed by atoms with Crippen LogP contribution in [0.25, 0.3) is 0 Å². The third-order valence-corrected chi connectivity index (χ3v) is 7.47. The lowest BCUT2D eigenvalue weighted by Gasteiger charge is -2.28. The van der Waals surface area contributed by atoms with Gasteiger partial charge in [-0.25, -0.2) is 13.4 Å². The normalized spacial score (nSPS) is 19.5. The van der Waals surface area contributed by atoms with Crippen LogP contribution in [0.2, 0.25) is 0 Å². The molecule has 4 rings (SSSR count). The Bertz CT molecular complexity index is 841. The first-order chi connectivity index (χ1) is 13.1. The fraction of sp³-hybridized carbons (Fsp3) is 0.450. The summed E-state index contributed by atoms with van der Waals surface area (Å²) in [5.74, 6) is 0.995. The van der Waals surface area contributed by atoms with E-state index in [1.165, 1.54) is 5.56 Å². The molecule has 2 aromatic rings. The van der Waals surface area contributed by atoms with E-state index in [0.717, 1.165) is 51.4 Å². The molecule has 0 bridgehead atoms. The number of pyridine rings is 1. The number of nitrogens with zero attached hydrogens (tertiary/aromatic N) is 2. The van der Waals surface area contributed by atoms with Crippen LogP contribution in [-0.2, 0) is 16.6 Å². The van der Waals surface area contributed by atoms with Gasteiger partial charge in [-0.15, -0.1) is 0 Å². The van der Waals surface area contributed by atoms with E-state index in [9.17, 15) is 8.42 Å². The molecule has 0 saturated carbocycles. The maximum absolute atomic E-state index is 12.6. The average molecular weight is 389 g/mol. The highest BCUT2D eigenvalue weighted by Gasteiger charge is 2.30. The number of hydrogen-bond donors (Lipinski definition) is 1. The Morgan fingerprint density at radius 3 is 2.26 bits per heavy atom. The number of aromatic nitrogens is 1. The van der Waals surface area contributed by atoms with Crippen LogP contribution in [0, 0.1) is 0 Å². The lowest BCUT2D eigenvalue weighted by Crippen LogP contribution is -3.13. The highest BCUT2D eigenvalue weighted by molar-refractivity contribution is 7.89. The molecule has 0 amide bonds. The zero-order chi connectivity index (χ0) is 18.7. The summed E-state index contributed by atoms with van der Waals surface area (Å²) in [5.41, 5.74) is 1.38. The first kappa shape index (κ1) is 18.4. The van der Waals surface area contributed by atoms with Gasteiger partial charge in [-0.3, -0.25) is 4.90 Å². The van der Waals surface area contributed by atoms with Crippen LogP contribution in [0.4, 0.5) is 5.82 Å². The molecule has 2 aliphatic heterocycles. The topological polar surface area (TPSA) is 59.2 Å². The third-order valence-electron chi connectivity index (χ3n) is 5.58. The van der Waals surface area contributed by atoms with Crippen molar-refractivity contribution in [2.45, 2.75) is 24.3 Å². The number of hydrogen-bond acceptors (Lipinski definition) is 3. The lowest BCUT2D eigenvalue weighted by molar-refractivity contribution is -0.914. The molecular formula is C20H28N4O2S+2. The lowest BCUT2D eigenvalue weighted by atomic mass is 10.2. The Balaban J connectivity index is 1.36. The van der Waals surface area contributed by atoms with Gasteiger partial charge in [0, 0.05) is 24.7 Å². The summed E-state index contributed by atoms with van der Waals surface area (Å²) in [5, 5.41) is 0. The molecule has 3 heterocycles. The number of rotatable bonds is 5. The first-order valence-corrected chi connectivity index (χ1v) is 11.2. The molecule has 2 aliphatic rings. The van der Waals surface area contributed by atoms with Crippen LogP contribution in [0.1, 0.15) is 18.4 Å². The SMILES string of the molecule is O=S(=O)(c1ccc(N2CC[NH+](Cc3ccccc3)CC2)[nH+]c1)N1CCCC1. The summed E-state index contributed by atoms with van der Waals surface area (Å²) >= 11 is 0. The Hall–Kier alpha value is -1.96. The van der Waals surface area contributed by atoms with Crippen molar-refractivity contribution in [3.63, 3.8) is 0 Å². The number of nitrogens with one attached hydrogen (secondary N) is 2. The van der Waals surface area contributed by atoms with Crippen molar-refractivity contribution >= 4 is 15.8 Å². The fourth-order valence-electron chi connectivity index (χ4n) is 3.96. The molecular weight excluding hydrogens is 360 g/mol. The average Bonchev–Trinajstić information content (AvgIpc) is 3.25. The van der Waals surface area contributed by atoms with Crippen LogP contribution >= 0.6 is 0 Å². The number of quaternary nitrogens is 1. The van der Waals surface area contributed by atoms with Crippen molar-refractivity contribution in [3.8, 4) is 0 Å². The summed E-state index contributed by atoms with van der Waals surface area (Å²) < 4.78 is 26.8. The Morgan fingerprint density at radius 1 is 0.926 bits per heavy atom. The molecule has 0 radical (unpaired) electrons. The third kappa shape index (κ3) is 4.15. The second-order valence-corrected chi connectivity index (χ2v) is 9.36. The Labute approximate surface area is 161 Å². The van der Waals surface area contributed by atoms with E-state index in [1.807, 2.05) is 6.07 Å². The molecule has 0 atom stereocenters. The molecule has 2 fully saturated rings. The molecule has 27 heavy (non-hydrogen) atoms. The molecule has 0 spiro atoms. The molecule has 2 saturated heterocycles. The number of benzene rings is 1. The minimum absolute atomic E-state index is 0.362. The van der Waals surface area contributed by atoms with Gasteiger partial charge in [0.1, 0.15) is 43.8 Å². The number of anilines is 1. The van der Waals surface area contributed by atoms with E-state index < -0.39 is 10.0 Å². The molecule has 1 aromatic heterocycles. The van der Waals surface area contributed by atoms with E-state index in [1.54, 1.807) is 21.5 Å². The molecule has 1 aromatic carbocycles. The van der Waals surface area contributed by atoms with Crippen LogP contribution in [0.5, 0.6) is 0 Å². The van der Waals surface area contributed by atoms with Gasteiger partial charge in [0.2, 0.25) is 10.0 Å². The van der Waals surface area contributed by atoms with Gasteiger partial charge < -0.3 is 4.90 Å². The van der Waals surface area contributed by atoms with Gasteiger partial charge in [-0.1, -0.05) is 30.3 Å². The van der Waals surface area contributed by atoms with E-state index >= 15 is 0 Å². The van der Waals surface area contributed by atoms with Crippen LogP contribution < -0.4 is 14.8 Å². The molecule has 2 N–H and O–H groups in total. The Kier molecular flexibility index (Phi) is 5.43. The minimum Gasteiger partial charge on any atom is -0.325 e. The maximum atomic E-state index is 12.6. The van der Waals surface area contributed by atoms with E-state index in [2.05, 4.69) is 40.2 Å². The van der Waals surface area contributed by atoms with Gasteiger partial charge in [0.05, 0.1) is 0 Å². The molecule has 144 valence electrons. The molecule has 0 aliphatic carbocycles. The number of H-pyrrole nitrogens is 1. The second-order valence-electron chi connectivity index (χ2n) is 7.42. The minimum atomic E-state index is -3.35. The van der Waals surface area contributed by atoms with Crippen LogP contribution in [0.3, 0.4) is 0 Å². The van der Waals surface area contributed by atoms with Crippen molar-refractivity contribution in [2.75, 3.05) is 44.2 Å². The van der Waals surface area contributed by atoms with Crippen LogP contribution in [0.15, 0.2) is 53.6 Å². The van der Waals surface area contributed by atoms with Gasteiger partial charge in [0.15, 0.2) is 0 Å². The zero-order valence-electron chi connectivity index (χ0n) is 15.6. The maximum Gasteiger partial charge on any atom is 0.274 e. The summed E-state index contributed by atoms with van der Waals surface area (Å²) in [6, 6.07) is 14.3. The van der Waals surface area contributed by atoms with Crippen molar-refractivity contribution in [2.24, 2.45) is 0 Å². The quantitative estimate of drug-likeness (QED) is 0.796. The molecule has 7 heteroatoms. The van der Waals surface area contributed by atoms with Crippen molar-refractivity contribution in [3.05, 3.63) is 54.2 Å².